The van der Waals surface area contributed by atoms with E-state index < -0.39 is 0 Å². The fourth-order valence-corrected chi connectivity index (χ4v) is 3.07. The van der Waals surface area contributed by atoms with E-state index in [1.54, 1.807) is 12.3 Å². The molecule has 0 spiro atoms. The van der Waals surface area contributed by atoms with Gasteiger partial charge in [-0.3, -0.25) is 9.78 Å². The lowest BCUT2D eigenvalue weighted by Gasteiger charge is -2.06. The van der Waals surface area contributed by atoms with E-state index in [1.807, 2.05) is 84.5 Å². The molecule has 2 aromatic carbocycles. The Morgan fingerprint density at radius 3 is 2.72 bits per heavy atom. The molecule has 2 aromatic heterocycles. The van der Waals surface area contributed by atoms with Crippen LogP contribution in [0.3, 0.4) is 0 Å². The molecule has 5 heteroatoms. The van der Waals surface area contributed by atoms with Gasteiger partial charge in [-0.05, 0) is 54.1 Å². The van der Waals surface area contributed by atoms with Crippen molar-refractivity contribution in [2.75, 3.05) is 5.32 Å². The average molecular weight is 383 g/mol. The second-order valence-electron chi connectivity index (χ2n) is 6.67. The Balaban J connectivity index is 1.36. The van der Waals surface area contributed by atoms with E-state index >= 15 is 0 Å². The van der Waals surface area contributed by atoms with Crippen LogP contribution in [0.15, 0.2) is 85.2 Å². The van der Waals surface area contributed by atoms with Crippen molar-refractivity contribution in [2.24, 2.45) is 7.05 Å². The molecule has 0 aliphatic carbocycles. The van der Waals surface area contributed by atoms with Gasteiger partial charge in [-0.1, -0.05) is 24.3 Å². The first-order valence-corrected chi connectivity index (χ1v) is 9.35. The fourth-order valence-electron chi connectivity index (χ4n) is 3.07. The van der Waals surface area contributed by atoms with Gasteiger partial charge in [0.05, 0.1) is 11.4 Å². The normalized spacial score (nSPS) is 11.1. The number of aryl methyl sites for hydroxylation is 1. The zero-order valence-electron chi connectivity index (χ0n) is 16.1. The molecule has 0 aliphatic rings. The van der Waals surface area contributed by atoms with Gasteiger partial charge in [-0.25, -0.2) is 0 Å². The molecular weight excluding hydrogens is 362 g/mol. The van der Waals surface area contributed by atoms with Crippen molar-refractivity contribution in [2.45, 2.75) is 6.61 Å². The van der Waals surface area contributed by atoms with E-state index in [1.165, 1.54) is 6.08 Å². The molecule has 29 heavy (non-hydrogen) atoms. The number of aromatic nitrogens is 2. The smallest absolute Gasteiger partial charge is 0.248 e. The lowest BCUT2D eigenvalue weighted by Crippen LogP contribution is -2.07. The molecule has 0 atom stereocenters. The molecular formula is C24H21N3O2. The van der Waals surface area contributed by atoms with E-state index in [0.717, 1.165) is 33.6 Å². The SMILES string of the molecule is Cn1ccc2c(NC(=O)/C=C/c3ccc(OCc4ccccn4)cc3)cccc21. The van der Waals surface area contributed by atoms with Gasteiger partial charge in [0.25, 0.3) is 0 Å². The molecule has 5 nitrogen and oxygen atoms in total. The minimum absolute atomic E-state index is 0.170. The number of nitrogens with one attached hydrogen (secondary N) is 1. The number of rotatable bonds is 6. The Bertz CT molecular complexity index is 1150. The zero-order chi connectivity index (χ0) is 20.1. The molecule has 144 valence electrons. The summed E-state index contributed by atoms with van der Waals surface area (Å²) in [5, 5.41) is 3.97. The maximum Gasteiger partial charge on any atom is 0.248 e. The van der Waals surface area contributed by atoms with Gasteiger partial charge in [0.2, 0.25) is 5.91 Å². The standard InChI is InChI=1S/C24H21N3O2/c1-27-16-14-21-22(6-4-7-23(21)27)26-24(28)13-10-18-8-11-20(12-9-18)29-17-19-5-2-3-15-25-19/h2-16H,17H2,1H3,(H,26,28)/b13-10+. The molecule has 0 fully saturated rings. The highest BCUT2D eigenvalue weighted by molar-refractivity contribution is 6.07. The highest BCUT2D eigenvalue weighted by atomic mass is 16.5. The van der Waals surface area contributed by atoms with Gasteiger partial charge in [0.1, 0.15) is 12.4 Å². The number of pyridine rings is 1. The number of anilines is 1. The maximum absolute atomic E-state index is 12.3. The summed E-state index contributed by atoms with van der Waals surface area (Å²) in [5.41, 5.74) is 3.67. The number of ether oxygens (including phenoxy) is 1. The van der Waals surface area contributed by atoms with Crippen LogP contribution in [0.5, 0.6) is 5.75 Å². The summed E-state index contributed by atoms with van der Waals surface area (Å²) in [5.74, 6) is 0.588. The summed E-state index contributed by atoms with van der Waals surface area (Å²) in [6.45, 7) is 0.420. The van der Waals surface area contributed by atoms with Gasteiger partial charge in [0.15, 0.2) is 0 Å². The van der Waals surface area contributed by atoms with Crippen LogP contribution >= 0.6 is 0 Å². The third kappa shape index (κ3) is 4.52. The first-order chi connectivity index (χ1) is 14.2. The first-order valence-electron chi connectivity index (χ1n) is 9.35. The summed E-state index contributed by atoms with van der Waals surface area (Å²) in [6.07, 6.45) is 7.04. The third-order valence-corrected chi connectivity index (χ3v) is 4.61. The minimum Gasteiger partial charge on any atom is -0.487 e. The number of carbonyl (C=O) groups excluding carboxylic acids is 1. The van der Waals surface area contributed by atoms with Crippen LogP contribution in [0.2, 0.25) is 0 Å². The molecule has 4 aromatic rings. The van der Waals surface area contributed by atoms with Crippen LogP contribution in [0.4, 0.5) is 5.69 Å². The van der Waals surface area contributed by atoms with Crippen LogP contribution in [-0.2, 0) is 18.4 Å². The van der Waals surface area contributed by atoms with E-state index in [2.05, 4.69) is 10.3 Å². The van der Waals surface area contributed by atoms with Gasteiger partial charge in [-0.2, -0.15) is 0 Å². The predicted molar refractivity (Wildman–Crippen MR) is 116 cm³/mol. The van der Waals surface area contributed by atoms with E-state index in [4.69, 9.17) is 4.74 Å². The predicted octanol–water partition coefficient (Wildman–Crippen LogP) is 4.80. The van der Waals surface area contributed by atoms with Crippen molar-refractivity contribution in [3.63, 3.8) is 0 Å². The lowest BCUT2D eigenvalue weighted by molar-refractivity contribution is -0.111. The molecule has 0 bridgehead atoms. The molecule has 0 aliphatic heterocycles. The Morgan fingerprint density at radius 2 is 1.93 bits per heavy atom. The Labute approximate surface area is 169 Å². The Hall–Kier alpha value is -3.86. The van der Waals surface area contributed by atoms with Crippen molar-refractivity contribution in [3.05, 3.63) is 96.5 Å². The zero-order valence-corrected chi connectivity index (χ0v) is 16.1. The van der Waals surface area contributed by atoms with Crippen LogP contribution in [0.1, 0.15) is 11.3 Å². The number of fused-ring (bicyclic) bond motifs is 1. The maximum atomic E-state index is 12.3. The summed E-state index contributed by atoms with van der Waals surface area (Å²) >= 11 is 0. The second-order valence-corrected chi connectivity index (χ2v) is 6.67. The molecule has 2 heterocycles. The van der Waals surface area contributed by atoms with Gasteiger partial charge in [-0.15, -0.1) is 0 Å². The number of nitrogens with zero attached hydrogens (tertiary/aromatic N) is 2. The van der Waals surface area contributed by atoms with Gasteiger partial charge < -0.3 is 14.6 Å². The number of carbonyl (C=O) groups is 1. The molecule has 0 saturated carbocycles. The molecule has 0 saturated heterocycles. The number of benzene rings is 2. The molecule has 1 amide bonds. The third-order valence-electron chi connectivity index (χ3n) is 4.61. The van der Waals surface area contributed by atoms with Gasteiger partial charge >= 0.3 is 0 Å². The number of hydrogen-bond donors (Lipinski definition) is 1. The molecule has 0 unspecified atom stereocenters. The number of hydrogen-bond acceptors (Lipinski definition) is 3. The molecule has 1 N–H and O–H groups in total. The summed E-state index contributed by atoms with van der Waals surface area (Å²) in [6, 6.07) is 21.2. The Morgan fingerprint density at radius 1 is 1.07 bits per heavy atom. The topological polar surface area (TPSA) is 56.2 Å². The fraction of sp³-hybridized carbons (Fsp3) is 0.0833. The quantitative estimate of drug-likeness (QED) is 0.487. The second kappa shape index (κ2) is 8.44. The van der Waals surface area contributed by atoms with E-state index in [-0.39, 0.29) is 5.91 Å². The van der Waals surface area contributed by atoms with Gasteiger partial charge in [0, 0.05) is 36.4 Å². The molecule has 4 rings (SSSR count). The lowest BCUT2D eigenvalue weighted by atomic mass is 10.2. The van der Waals surface area contributed by atoms with Crippen LogP contribution in [0, 0.1) is 0 Å². The largest absolute Gasteiger partial charge is 0.487 e. The van der Waals surface area contributed by atoms with Crippen molar-refractivity contribution in [3.8, 4) is 5.75 Å². The van der Waals surface area contributed by atoms with Crippen molar-refractivity contribution in [1.29, 1.82) is 0 Å². The first kappa shape index (κ1) is 18.5. The Kier molecular flexibility index (Phi) is 5.38. The minimum atomic E-state index is -0.170. The van der Waals surface area contributed by atoms with Crippen LogP contribution in [0.25, 0.3) is 17.0 Å². The molecule has 0 radical (unpaired) electrons. The summed E-state index contributed by atoms with van der Waals surface area (Å²) < 4.78 is 7.75. The van der Waals surface area contributed by atoms with Crippen molar-refractivity contribution >= 4 is 28.6 Å². The van der Waals surface area contributed by atoms with Crippen LogP contribution < -0.4 is 10.1 Å². The van der Waals surface area contributed by atoms with E-state index in [0.29, 0.717) is 6.61 Å². The van der Waals surface area contributed by atoms with Crippen molar-refractivity contribution < 1.29 is 9.53 Å². The summed E-state index contributed by atoms with van der Waals surface area (Å²) in [7, 11) is 1.98. The van der Waals surface area contributed by atoms with Crippen molar-refractivity contribution in [1.82, 2.24) is 9.55 Å². The van der Waals surface area contributed by atoms with E-state index in [9.17, 15) is 4.79 Å². The monoisotopic (exact) mass is 383 g/mol. The van der Waals surface area contributed by atoms with Crippen LogP contribution in [-0.4, -0.2) is 15.5 Å². The highest BCUT2D eigenvalue weighted by Crippen LogP contribution is 2.24. The number of amides is 1. The summed E-state index contributed by atoms with van der Waals surface area (Å²) in [4.78, 5) is 16.6. The highest BCUT2D eigenvalue weighted by Gasteiger charge is 2.05. The average Bonchev–Trinajstić information content (AvgIpc) is 3.14.